The van der Waals surface area contributed by atoms with Crippen LogP contribution in [0.25, 0.3) is 0 Å². The summed E-state index contributed by atoms with van der Waals surface area (Å²) in [5.41, 5.74) is 0. The molecule has 0 bridgehead atoms. The molecule has 20 heavy (non-hydrogen) atoms. The van der Waals surface area contributed by atoms with Crippen molar-refractivity contribution in [2.24, 2.45) is 10.2 Å². The van der Waals surface area contributed by atoms with Gasteiger partial charge in [0, 0.05) is 0 Å². The van der Waals surface area contributed by atoms with Crippen LogP contribution < -0.4 is 0 Å². The van der Waals surface area contributed by atoms with Gasteiger partial charge in [0.15, 0.2) is 0 Å². The van der Waals surface area contributed by atoms with E-state index < -0.39 is 12.2 Å². The van der Waals surface area contributed by atoms with Gasteiger partial charge in [-0.25, -0.2) is 9.59 Å². The van der Waals surface area contributed by atoms with Crippen LogP contribution in [0.5, 0.6) is 0 Å². The highest BCUT2D eigenvalue weighted by molar-refractivity contribution is 5.73. The third-order valence-electron chi connectivity index (χ3n) is 3.26. The molecule has 0 aromatic heterocycles. The third-order valence-corrected chi connectivity index (χ3v) is 3.26. The quantitative estimate of drug-likeness (QED) is 0.526. The minimum Gasteiger partial charge on any atom is -0.447 e. The summed E-state index contributed by atoms with van der Waals surface area (Å²) in [6.45, 7) is 2.42. The minimum absolute atomic E-state index is 0.0831. The van der Waals surface area contributed by atoms with E-state index in [2.05, 4.69) is 17.2 Å². The lowest BCUT2D eigenvalue weighted by Crippen LogP contribution is -2.18. The van der Waals surface area contributed by atoms with Gasteiger partial charge in [0.1, 0.15) is 6.10 Å². The van der Waals surface area contributed by atoms with Crippen molar-refractivity contribution in [1.82, 2.24) is 0 Å². The fraction of sp³-hybridized carbons (Fsp3) is 0.857. The van der Waals surface area contributed by atoms with Crippen molar-refractivity contribution < 1.29 is 19.1 Å². The van der Waals surface area contributed by atoms with E-state index >= 15 is 0 Å². The molecule has 1 fully saturated rings. The van der Waals surface area contributed by atoms with Crippen LogP contribution in [0.2, 0.25) is 0 Å². The maximum atomic E-state index is 11.3. The summed E-state index contributed by atoms with van der Waals surface area (Å²) in [6.07, 6.45) is 7.39. The fourth-order valence-electron chi connectivity index (χ4n) is 2.15. The molecule has 1 rings (SSSR count). The molecule has 0 radical (unpaired) electrons. The summed E-state index contributed by atoms with van der Waals surface area (Å²) < 4.78 is 9.91. The number of nitrogens with zero attached hydrogens (tertiary/aromatic N) is 2. The number of hydrogen-bond acceptors (Lipinski definition) is 4. The van der Waals surface area contributed by atoms with E-state index in [9.17, 15) is 9.59 Å². The van der Waals surface area contributed by atoms with Crippen molar-refractivity contribution in [2.45, 2.75) is 70.8 Å². The molecular weight excluding hydrogens is 260 g/mol. The largest absolute Gasteiger partial charge is 0.452 e. The Morgan fingerprint density at radius 1 is 1.00 bits per heavy atom. The fourth-order valence-corrected chi connectivity index (χ4v) is 2.15. The van der Waals surface area contributed by atoms with E-state index in [1.165, 1.54) is 6.42 Å². The molecule has 0 heterocycles. The van der Waals surface area contributed by atoms with E-state index in [-0.39, 0.29) is 6.10 Å². The summed E-state index contributed by atoms with van der Waals surface area (Å²) >= 11 is 0. The average Bonchev–Trinajstić information content (AvgIpc) is 2.46. The maximum absolute atomic E-state index is 11.3. The molecular formula is C14H24N2O4. The number of ether oxygens (including phenoxy) is 2. The van der Waals surface area contributed by atoms with Crippen molar-refractivity contribution in [3.63, 3.8) is 0 Å². The molecule has 114 valence electrons. The van der Waals surface area contributed by atoms with Gasteiger partial charge in [0.25, 0.3) is 0 Å². The first-order chi connectivity index (χ1) is 9.72. The van der Waals surface area contributed by atoms with Crippen LogP contribution in [0.1, 0.15) is 64.7 Å². The van der Waals surface area contributed by atoms with Gasteiger partial charge in [-0.15, -0.1) is 0 Å². The van der Waals surface area contributed by atoms with Crippen LogP contribution in [0.3, 0.4) is 0 Å². The van der Waals surface area contributed by atoms with E-state index in [1.54, 1.807) is 0 Å². The van der Waals surface area contributed by atoms with Crippen molar-refractivity contribution in [2.75, 3.05) is 6.61 Å². The number of rotatable bonds is 6. The van der Waals surface area contributed by atoms with Gasteiger partial charge >= 0.3 is 12.2 Å². The van der Waals surface area contributed by atoms with Gasteiger partial charge in [-0.1, -0.05) is 42.8 Å². The third kappa shape index (κ3) is 7.86. The Balaban J connectivity index is 2.11. The second kappa shape index (κ2) is 10.3. The number of azo groups is 1. The summed E-state index contributed by atoms with van der Waals surface area (Å²) in [7, 11) is 0. The molecule has 0 aromatic carbocycles. The second-order valence-corrected chi connectivity index (χ2v) is 5.02. The van der Waals surface area contributed by atoms with Gasteiger partial charge < -0.3 is 9.47 Å². The Hall–Kier alpha value is -1.46. The summed E-state index contributed by atoms with van der Waals surface area (Å²) in [5, 5.41) is 6.42. The Morgan fingerprint density at radius 2 is 1.70 bits per heavy atom. The zero-order chi connectivity index (χ0) is 14.6. The highest BCUT2D eigenvalue weighted by Gasteiger charge is 2.17. The standard InChI is InChI=1S/C14H24N2O4/c1-2-3-4-8-11-19-13(17)15-16-14(18)20-12-9-6-5-7-10-12/h12H,2-11H2,1H3/b16-15+. The van der Waals surface area contributed by atoms with Crippen molar-refractivity contribution in [1.29, 1.82) is 0 Å². The molecule has 1 aliphatic carbocycles. The zero-order valence-corrected chi connectivity index (χ0v) is 12.2. The molecule has 0 aromatic rings. The van der Waals surface area contributed by atoms with Crippen LogP contribution in [0.15, 0.2) is 10.2 Å². The summed E-state index contributed by atoms with van der Waals surface area (Å²) in [5.74, 6) is 0. The Labute approximate surface area is 119 Å². The first kappa shape index (κ1) is 16.6. The van der Waals surface area contributed by atoms with Crippen LogP contribution >= 0.6 is 0 Å². The first-order valence-electron chi connectivity index (χ1n) is 7.51. The van der Waals surface area contributed by atoms with Gasteiger partial charge in [-0.05, 0) is 32.1 Å². The Kier molecular flexibility index (Phi) is 8.58. The zero-order valence-electron chi connectivity index (χ0n) is 12.2. The Morgan fingerprint density at radius 3 is 2.40 bits per heavy atom. The minimum atomic E-state index is -0.831. The number of carbonyl (C=O) groups is 2. The van der Waals surface area contributed by atoms with Gasteiger partial charge in [-0.2, -0.15) is 0 Å². The summed E-state index contributed by atoms with van der Waals surface area (Å²) in [6, 6.07) is 0. The van der Waals surface area contributed by atoms with E-state index in [0.717, 1.165) is 51.4 Å². The smallest absolute Gasteiger partial charge is 0.447 e. The van der Waals surface area contributed by atoms with Crippen molar-refractivity contribution in [3.05, 3.63) is 0 Å². The predicted octanol–water partition coefficient (Wildman–Crippen LogP) is 4.62. The highest BCUT2D eigenvalue weighted by Crippen LogP contribution is 2.20. The van der Waals surface area contributed by atoms with Gasteiger partial charge in [0.05, 0.1) is 6.61 Å². The molecule has 6 nitrogen and oxygen atoms in total. The monoisotopic (exact) mass is 284 g/mol. The van der Waals surface area contributed by atoms with Crippen molar-refractivity contribution in [3.8, 4) is 0 Å². The van der Waals surface area contributed by atoms with Crippen molar-refractivity contribution >= 4 is 12.2 Å². The van der Waals surface area contributed by atoms with Gasteiger partial charge in [0.2, 0.25) is 0 Å². The maximum Gasteiger partial charge on any atom is 0.452 e. The molecule has 1 aliphatic rings. The lowest BCUT2D eigenvalue weighted by molar-refractivity contribution is 0.0812. The molecule has 1 saturated carbocycles. The number of unbranched alkanes of at least 4 members (excludes halogenated alkanes) is 3. The first-order valence-corrected chi connectivity index (χ1v) is 7.51. The SMILES string of the molecule is CCCCCCOC(=O)/N=N/C(=O)OC1CCCCC1. The number of carbonyl (C=O) groups excluding carboxylic acids is 2. The predicted molar refractivity (Wildman–Crippen MR) is 73.7 cm³/mol. The Bertz CT molecular complexity index is 325. The van der Waals surface area contributed by atoms with Crippen LogP contribution in [0.4, 0.5) is 9.59 Å². The van der Waals surface area contributed by atoms with Crippen LogP contribution in [-0.4, -0.2) is 24.9 Å². The molecule has 6 heteroatoms. The van der Waals surface area contributed by atoms with E-state index in [1.807, 2.05) is 0 Å². The molecule has 0 atom stereocenters. The second-order valence-electron chi connectivity index (χ2n) is 5.02. The van der Waals surface area contributed by atoms with Gasteiger partial charge in [-0.3, -0.25) is 0 Å². The molecule has 0 spiro atoms. The molecule has 0 aliphatic heterocycles. The molecule has 2 amide bonds. The van der Waals surface area contributed by atoms with Crippen LogP contribution in [0, 0.1) is 0 Å². The lowest BCUT2D eigenvalue weighted by Gasteiger charge is -2.20. The average molecular weight is 284 g/mol. The number of amides is 2. The molecule has 0 N–H and O–H groups in total. The number of hydrogen-bond donors (Lipinski definition) is 0. The van der Waals surface area contributed by atoms with Crippen LogP contribution in [-0.2, 0) is 9.47 Å². The molecule has 0 unspecified atom stereocenters. The van der Waals surface area contributed by atoms with E-state index in [4.69, 9.17) is 9.47 Å². The summed E-state index contributed by atoms with van der Waals surface area (Å²) in [4.78, 5) is 22.5. The normalized spacial score (nSPS) is 16.2. The lowest BCUT2D eigenvalue weighted by atomic mass is 9.98. The highest BCUT2D eigenvalue weighted by atomic mass is 16.6. The topological polar surface area (TPSA) is 77.3 Å². The van der Waals surface area contributed by atoms with E-state index in [0.29, 0.717) is 6.61 Å². The molecule has 0 saturated heterocycles.